The molecule has 2 atom stereocenters. The molecular weight excluding hydrogens is 294 g/mol. The first-order valence-corrected chi connectivity index (χ1v) is 7.72. The number of benzene rings is 1. The van der Waals surface area contributed by atoms with Gasteiger partial charge in [0, 0.05) is 18.2 Å². The maximum absolute atomic E-state index is 12.1. The Bertz CT molecular complexity index is 721. The van der Waals surface area contributed by atoms with Crippen molar-refractivity contribution in [2.45, 2.75) is 31.9 Å². The van der Waals surface area contributed by atoms with Crippen LogP contribution in [0.1, 0.15) is 19.8 Å². The van der Waals surface area contributed by atoms with Gasteiger partial charge in [-0.2, -0.15) is 0 Å². The van der Waals surface area contributed by atoms with Gasteiger partial charge in [-0.25, -0.2) is 0 Å². The number of fused-ring (bicyclic) bond motifs is 1. The summed E-state index contributed by atoms with van der Waals surface area (Å²) in [5.74, 6) is -1.37. The molecule has 1 aliphatic heterocycles. The second-order valence-electron chi connectivity index (χ2n) is 5.65. The molecule has 2 aromatic rings. The Morgan fingerprint density at radius 1 is 1.26 bits per heavy atom. The number of carbonyl (C=O) groups is 2. The summed E-state index contributed by atoms with van der Waals surface area (Å²) in [6, 6.07) is 8.97. The molecule has 1 saturated heterocycles. The third kappa shape index (κ3) is 3.48. The molecule has 2 unspecified atom stereocenters. The van der Waals surface area contributed by atoms with Crippen molar-refractivity contribution in [1.29, 1.82) is 0 Å². The van der Waals surface area contributed by atoms with Gasteiger partial charge in [0.1, 0.15) is 0 Å². The van der Waals surface area contributed by atoms with Crippen molar-refractivity contribution in [3.63, 3.8) is 0 Å². The van der Waals surface area contributed by atoms with Crippen LogP contribution < -0.4 is 10.6 Å². The number of pyridine rings is 1. The summed E-state index contributed by atoms with van der Waals surface area (Å²) in [6.07, 6.45) is 3.51. The number of anilines is 1. The molecule has 6 nitrogen and oxygen atoms in total. The molecule has 1 aliphatic rings. The zero-order valence-corrected chi connectivity index (χ0v) is 12.9. The number of ether oxygens (including phenoxy) is 1. The number of hydrogen-bond acceptors (Lipinski definition) is 4. The van der Waals surface area contributed by atoms with E-state index in [1.54, 1.807) is 12.3 Å². The number of nitrogens with zero attached hydrogens (tertiary/aromatic N) is 1. The topological polar surface area (TPSA) is 80.3 Å². The third-order valence-electron chi connectivity index (χ3n) is 3.97. The Balaban J connectivity index is 1.67. The number of para-hydroxylation sites is 1. The molecule has 0 radical (unpaired) electrons. The summed E-state index contributed by atoms with van der Waals surface area (Å²) in [5, 5.41) is 6.22. The monoisotopic (exact) mass is 313 g/mol. The molecule has 2 amide bonds. The fourth-order valence-electron chi connectivity index (χ4n) is 2.75. The smallest absolute Gasteiger partial charge is 0.313 e. The minimum Gasteiger partial charge on any atom is -0.376 e. The highest BCUT2D eigenvalue weighted by molar-refractivity contribution is 6.40. The van der Waals surface area contributed by atoms with Gasteiger partial charge in [0.2, 0.25) is 0 Å². The standard InChI is InChI=1S/C17H19N3O3/c1-11(14-8-4-10-23-14)19-16(21)17(22)20-13-7-2-5-12-6-3-9-18-15(12)13/h2-3,5-7,9,11,14H,4,8,10H2,1H3,(H,19,21)(H,20,22). The first kappa shape index (κ1) is 15.4. The van der Waals surface area contributed by atoms with Gasteiger partial charge in [-0.05, 0) is 31.9 Å². The molecule has 1 aromatic heterocycles. The molecule has 0 bridgehead atoms. The minimum atomic E-state index is -0.701. The van der Waals surface area contributed by atoms with Crippen LogP contribution in [0.25, 0.3) is 10.9 Å². The summed E-state index contributed by atoms with van der Waals surface area (Å²) in [5.41, 5.74) is 1.18. The lowest BCUT2D eigenvalue weighted by Crippen LogP contribution is -2.45. The highest BCUT2D eigenvalue weighted by Crippen LogP contribution is 2.20. The van der Waals surface area contributed by atoms with Crippen molar-refractivity contribution >= 4 is 28.4 Å². The number of aromatic nitrogens is 1. The fraction of sp³-hybridized carbons (Fsp3) is 0.353. The van der Waals surface area contributed by atoms with Crippen LogP contribution in [0.15, 0.2) is 36.5 Å². The summed E-state index contributed by atoms with van der Waals surface area (Å²) < 4.78 is 5.51. The molecule has 1 fully saturated rings. The summed E-state index contributed by atoms with van der Waals surface area (Å²) in [4.78, 5) is 28.4. The van der Waals surface area contributed by atoms with Crippen molar-refractivity contribution in [2.75, 3.05) is 11.9 Å². The molecule has 0 saturated carbocycles. The zero-order chi connectivity index (χ0) is 16.2. The van der Waals surface area contributed by atoms with E-state index in [-0.39, 0.29) is 12.1 Å². The lowest BCUT2D eigenvalue weighted by Gasteiger charge is -2.19. The van der Waals surface area contributed by atoms with Gasteiger partial charge in [0.15, 0.2) is 0 Å². The van der Waals surface area contributed by atoms with Crippen molar-refractivity contribution < 1.29 is 14.3 Å². The quantitative estimate of drug-likeness (QED) is 0.848. The van der Waals surface area contributed by atoms with Gasteiger partial charge in [-0.15, -0.1) is 0 Å². The van der Waals surface area contributed by atoms with Crippen LogP contribution >= 0.6 is 0 Å². The number of amides is 2. The molecule has 0 aliphatic carbocycles. The lowest BCUT2D eigenvalue weighted by molar-refractivity contribution is -0.137. The highest BCUT2D eigenvalue weighted by atomic mass is 16.5. The van der Waals surface area contributed by atoms with Crippen LogP contribution in [0.3, 0.4) is 0 Å². The molecule has 2 heterocycles. The summed E-state index contributed by atoms with van der Waals surface area (Å²) in [6.45, 7) is 2.55. The number of rotatable bonds is 3. The van der Waals surface area contributed by atoms with E-state index in [1.807, 2.05) is 31.2 Å². The van der Waals surface area contributed by atoms with E-state index in [1.165, 1.54) is 0 Å². The van der Waals surface area contributed by atoms with E-state index < -0.39 is 11.8 Å². The van der Waals surface area contributed by atoms with E-state index in [4.69, 9.17) is 4.74 Å². The molecular formula is C17H19N3O3. The normalized spacial score (nSPS) is 18.6. The number of hydrogen-bond donors (Lipinski definition) is 2. The molecule has 3 rings (SSSR count). The number of carbonyl (C=O) groups excluding carboxylic acids is 2. The molecule has 2 N–H and O–H groups in total. The zero-order valence-electron chi connectivity index (χ0n) is 12.9. The third-order valence-corrected chi connectivity index (χ3v) is 3.97. The average molecular weight is 313 g/mol. The maximum atomic E-state index is 12.1. The lowest BCUT2D eigenvalue weighted by atomic mass is 10.1. The molecule has 120 valence electrons. The highest BCUT2D eigenvalue weighted by Gasteiger charge is 2.26. The fourth-order valence-corrected chi connectivity index (χ4v) is 2.75. The Morgan fingerprint density at radius 2 is 2.09 bits per heavy atom. The van der Waals surface area contributed by atoms with Crippen molar-refractivity contribution in [3.05, 3.63) is 36.5 Å². The van der Waals surface area contributed by atoms with Crippen LogP contribution in [0.4, 0.5) is 5.69 Å². The van der Waals surface area contributed by atoms with Gasteiger partial charge < -0.3 is 15.4 Å². The Morgan fingerprint density at radius 3 is 2.87 bits per heavy atom. The Labute approximate surface area is 134 Å². The van der Waals surface area contributed by atoms with E-state index in [9.17, 15) is 9.59 Å². The predicted octanol–water partition coefficient (Wildman–Crippen LogP) is 1.86. The first-order chi connectivity index (χ1) is 11.1. The SMILES string of the molecule is CC(NC(=O)C(=O)Nc1cccc2cccnc12)C1CCCO1. The van der Waals surface area contributed by atoms with Crippen LogP contribution in [-0.4, -0.2) is 35.6 Å². The largest absolute Gasteiger partial charge is 0.376 e. The Kier molecular flexibility index (Phi) is 4.52. The van der Waals surface area contributed by atoms with Gasteiger partial charge in [-0.3, -0.25) is 14.6 Å². The Hall–Kier alpha value is -2.47. The van der Waals surface area contributed by atoms with Crippen LogP contribution in [0.2, 0.25) is 0 Å². The van der Waals surface area contributed by atoms with Crippen LogP contribution in [-0.2, 0) is 14.3 Å². The van der Waals surface area contributed by atoms with Gasteiger partial charge in [0.05, 0.1) is 23.3 Å². The summed E-state index contributed by atoms with van der Waals surface area (Å²) in [7, 11) is 0. The second kappa shape index (κ2) is 6.75. The molecule has 6 heteroatoms. The van der Waals surface area contributed by atoms with E-state index in [0.717, 1.165) is 18.2 Å². The van der Waals surface area contributed by atoms with Crippen molar-refractivity contribution in [1.82, 2.24) is 10.3 Å². The predicted molar refractivity (Wildman–Crippen MR) is 87.0 cm³/mol. The van der Waals surface area contributed by atoms with Gasteiger partial charge >= 0.3 is 11.8 Å². The molecule has 23 heavy (non-hydrogen) atoms. The van der Waals surface area contributed by atoms with Gasteiger partial charge in [0.25, 0.3) is 0 Å². The van der Waals surface area contributed by atoms with E-state index >= 15 is 0 Å². The van der Waals surface area contributed by atoms with E-state index in [2.05, 4.69) is 15.6 Å². The second-order valence-corrected chi connectivity index (χ2v) is 5.65. The van der Waals surface area contributed by atoms with Crippen molar-refractivity contribution in [2.24, 2.45) is 0 Å². The summed E-state index contributed by atoms with van der Waals surface area (Å²) >= 11 is 0. The van der Waals surface area contributed by atoms with E-state index in [0.29, 0.717) is 17.8 Å². The van der Waals surface area contributed by atoms with Gasteiger partial charge in [-0.1, -0.05) is 18.2 Å². The van der Waals surface area contributed by atoms with Crippen LogP contribution in [0.5, 0.6) is 0 Å². The van der Waals surface area contributed by atoms with Crippen molar-refractivity contribution in [3.8, 4) is 0 Å². The molecule has 1 aromatic carbocycles. The average Bonchev–Trinajstić information content (AvgIpc) is 3.09. The minimum absolute atomic E-state index is 0.0222. The van der Waals surface area contributed by atoms with Crippen LogP contribution in [0, 0.1) is 0 Å². The first-order valence-electron chi connectivity index (χ1n) is 7.72. The molecule has 0 spiro atoms. The maximum Gasteiger partial charge on any atom is 0.313 e. The number of nitrogens with one attached hydrogen (secondary N) is 2.